The van der Waals surface area contributed by atoms with Crippen LogP contribution < -0.4 is 16.0 Å². The van der Waals surface area contributed by atoms with E-state index >= 15 is 0 Å². The highest BCUT2D eigenvalue weighted by atomic mass is 16.3. The summed E-state index contributed by atoms with van der Waals surface area (Å²) in [5.41, 5.74) is 5.97. The van der Waals surface area contributed by atoms with E-state index in [-0.39, 0.29) is 56.7 Å². The zero-order chi connectivity index (χ0) is 41.8. The summed E-state index contributed by atoms with van der Waals surface area (Å²) in [5.74, 6) is -0.0917. The zero-order valence-corrected chi connectivity index (χ0v) is 32.9. The molecule has 0 radical (unpaired) electrons. The molecular formula is C45H44N10O5. The molecule has 6 amide bonds. The molecule has 2 aliphatic heterocycles. The summed E-state index contributed by atoms with van der Waals surface area (Å²) in [7, 11) is 1.96. The van der Waals surface area contributed by atoms with Gasteiger partial charge < -0.3 is 30.1 Å². The highest BCUT2D eigenvalue weighted by molar-refractivity contribution is 6.01. The molecule has 6 aromatic rings. The molecule has 0 spiro atoms. The Hall–Kier alpha value is -7.52. The quantitative estimate of drug-likeness (QED) is 0.121. The van der Waals surface area contributed by atoms with Crippen LogP contribution in [-0.4, -0.2) is 95.2 Å². The molecule has 2 saturated heterocycles. The molecule has 304 valence electrons. The fraction of sp³-hybridized carbons (Fsp3) is 0.200. The molecule has 4 N–H and O–H groups in total. The number of hydrazine groups is 1. The minimum absolute atomic E-state index is 0.0651. The molecule has 15 heteroatoms. The van der Waals surface area contributed by atoms with Gasteiger partial charge in [-0.3, -0.25) is 19.9 Å². The zero-order valence-electron chi connectivity index (χ0n) is 32.9. The number of hydrogen-bond donors (Lipinski definition) is 4. The minimum atomic E-state index is -0.922. The maximum Gasteiger partial charge on any atom is 0.334 e. The van der Waals surface area contributed by atoms with Gasteiger partial charge >= 0.3 is 12.1 Å². The number of aromatic hydroxyl groups is 1. The molecule has 8 rings (SSSR count). The number of para-hydroxylation sites is 1. The van der Waals surface area contributed by atoms with Crippen molar-refractivity contribution in [3.05, 3.63) is 151 Å². The number of anilines is 2. The first-order valence-corrected chi connectivity index (χ1v) is 19.5. The summed E-state index contributed by atoms with van der Waals surface area (Å²) in [5, 5.41) is 22.7. The minimum Gasteiger partial charge on any atom is -0.508 e. The maximum absolute atomic E-state index is 14.7. The van der Waals surface area contributed by atoms with E-state index in [2.05, 4.69) is 32.5 Å². The van der Waals surface area contributed by atoms with Crippen LogP contribution in [0, 0.1) is 0 Å². The predicted molar refractivity (Wildman–Crippen MR) is 227 cm³/mol. The molecule has 2 aromatic heterocycles. The topological polar surface area (TPSA) is 168 Å². The fourth-order valence-corrected chi connectivity index (χ4v) is 8.05. The number of aryl methyl sites for hydroxylation is 1. The largest absolute Gasteiger partial charge is 0.508 e. The number of amides is 6. The molecule has 0 saturated carbocycles. The second-order valence-electron chi connectivity index (χ2n) is 14.7. The number of hydrogen-bond acceptors (Lipinski definition) is 8. The number of fused-ring (bicyclic) bond motifs is 2. The molecule has 0 bridgehead atoms. The Morgan fingerprint density at radius 1 is 0.917 bits per heavy atom. The van der Waals surface area contributed by atoms with Crippen LogP contribution in [0.15, 0.2) is 135 Å². The maximum atomic E-state index is 14.7. The molecule has 15 nitrogen and oxygen atoms in total. The van der Waals surface area contributed by atoms with Gasteiger partial charge in [-0.25, -0.2) is 24.6 Å². The van der Waals surface area contributed by atoms with Crippen LogP contribution in [0.3, 0.4) is 0 Å². The van der Waals surface area contributed by atoms with Crippen molar-refractivity contribution in [2.45, 2.75) is 31.7 Å². The van der Waals surface area contributed by atoms with Crippen molar-refractivity contribution in [3.63, 3.8) is 0 Å². The predicted octanol–water partition coefficient (Wildman–Crippen LogP) is 5.72. The van der Waals surface area contributed by atoms with Crippen molar-refractivity contribution in [3.8, 4) is 16.9 Å². The first-order valence-electron chi connectivity index (χ1n) is 19.5. The lowest BCUT2D eigenvalue weighted by molar-refractivity contribution is -0.189. The average Bonchev–Trinajstić information content (AvgIpc) is 3.60. The Labute approximate surface area is 346 Å². The number of nitrogens with one attached hydrogen (secondary N) is 3. The van der Waals surface area contributed by atoms with Crippen LogP contribution in [0.1, 0.15) is 16.7 Å². The molecule has 2 fully saturated rings. The molecule has 2 atom stereocenters. The van der Waals surface area contributed by atoms with Gasteiger partial charge in [-0.1, -0.05) is 78.9 Å². The Balaban J connectivity index is 1.09. The number of urea groups is 2. The van der Waals surface area contributed by atoms with Gasteiger partial charge in [0.2, 0.25) is 11.8 Å². The van der Waals surface area contributed by atoms with Crippen LogP contribution in [0.5, 0.6) is 5.75 Å². The van der Waals surface area contributed by atoms with Crippen molar-refractivity contribution < 1.29 is 24.3 Å². The SMILES string of the molecule is C=CCN1CC(=O)N2[C@@H](Cc3ccc(O)cc3)C(=O)N(Cc3cccc4c(-c5ccc(NC(=O)Nc6cnccn6)cc5)cn(C)c34)C[C@@H]2N1C(=O)NCc1ccccc1. The van der Waals surface area contributed by atoms with Crippen LogP contribution in [0.25, 0.3) is 22.0 Å². The second kappa shape index (κ2) is 17.1. The van der Waals surface area contributed by atoms with Gasteiger partial charge in [0.15, 0.2) is 5.82 Å². The van der Waals surface area contributed by atoms with Gasteiger partial charge in [-0.05, 0) is 46.5 Å². The van der Waals surface area contributed by atoms with E-state index in [1.54, 1.807) is 50.2 Å². The third-order valence-corrected chi connectivity index (χ3v) is 10.7. The normalized spacial score (nSPS) is 16.7. The molecule has 4 heterocycles. The summed E-state index contributed by atoms with van der Waals surface area (Å²) in [6, 6.07) is 27.9. The van der Waals surface area contributed by atoms with E-state index in [9.17, 15) is 24.3 Å². The number of aromatic nitrogens is 3. The van der Waals surface area contributed by atoms with Crippen LogP contribution in [0.2, 0.25) is 0 Å². The van der Waals surface area contributed by atoms with Crippen LogP contribution in [0.4, 0.5) is 21.1 Å². The Kier molecular flexibility index (Phi) is 11.2. The number of carbonyl (C=O) groups is 4. The summed E-state index contributed by atoms with van der Waals surface area (Å²) >= 11 is 0. The lowest BCUT2D eigenvalue weighted by atomic mass is 9.97. The van der Waals surface area contributed by atoms with E-state index in [0.717, 1.165) is 38.7 Å². The van der Waals surface area contributed by atoms with Crippen molar-refractivity contribution >= 4 is 46.3 Å². The van der Waals surface area contributed by atoms with E-state index in [1.807, 2.05) is 90.6 Å². The monoisotopic (exact) mass is 804 g/mol. The Morgan fingerprint density at radius 2 is 1.70 bits per heavy atom. The third kappa shape index (κ3) is 8.24. The summed E-state index contributed by atoms with van der Waals surface area (Å²) in [6.07, 6.45) is 7.53. The molecule has 0 aliphatic carbocycles. The van der Waals surface area contributed by atoms with E-state index in [1.165, 1.54) is 18.6 Å². The van der Waals surface area contributed by atoms with Crippen molar-refractivity contribution in [1.29, 1.82) is 0 Å². The standard InChI is InChI=1S/C45H44N10O5/c1-3-22-53-29-41(57)54-38(23-30-12-18-35(56)19-13-30)43(58)52(28-40(54)55(53)45(60)48-24-31-8-5-4-6-9-31)26-33-10-7-11-36-37(27-51(2)42(33)36)32-14-16-34(17-15-32)49-44(59)50-39-25-46-20-21-47-39/h3-21,25,27,38,40,56H,1,22-24,26,28-29H2,2H3,(H,48,60)(H2,47,49,50,59)/t38-,40-/m0/s1. The number of carbonyl (C=O) groups excluding carboxylic acids is 4. The molecule has 60 heavy (non-hydrogen) atoms. The number of benzene rings is 4. The number of rotatable bonds is 11. The fourth-order valence-electron chi connectivity index (χ4n) is 8.05. The van der Waals surface area contributed by atoms with Crippen molar-refractivity contribution in [2.24, 2.45) is 7.05 Å². The van der Waals surface area contributed by atoms with Gasteiger partial charge in [0.25, 0.3) is 0 Å². The first kappa shape index (κ1) is 39.3. The highest BCUT2D eigenvalue weighted by Gasteiger charge is 2.51. The lowest BCUT2D eigenvalue weighted by Gasteiger charge is -2.55. The van der Waals surface area contributed by atoms with E-state index < -0.39 is 24.3 Å². The van der Waals surface area contributed by atoms with Crippen LogP contribution in [-0.2, 0) is 36.1 Å². The Bertz CT molecular complexity index is 2530. The molecule has 2 aliphatic rings. The average molecular weight is 805 g/mol. The van der Waals surface area contributed by atoms with Crippen LogP contribution >= 0.6 is 0 Å². The van der Waals surface area contributed by atoms with Crippen molar-refractivity contribution in [2.75, 3.05) is 30.3 Å². The highest BCUT2D eigenvalue weighted by Crippen LogP contribution is 2.35. The van der Waals surface area contributed by atoms with E-state index in [0.29, 0.717) is 11.5 Å². The number of nitrogens with zero attached hydrogens (tertiary/aromatic N) is 7. The number of piperazine rings is 1. The van der Waals surface area contributed by atoms with Gasteiger partial charge in [0, 0.05) is 68.3 Å². The van der Waals surface area contributed by atoms with Gasteiger partial charge in [-0.15, -0.1) is 6.58 Å². The van der Waals surface area contributed by atoms with Crippen molar-refractivity contribution in [1.82, 2.24) is 39.7 Å². The van der Waals surface area contributed by atoms with Gasteiger partial charge in [0.05, 0.1) is 24.8 Å². The molecule has 0 unspecified atom stereocenters. The van der Waals surface area contributed by atoms with Gasteiger partial charge in [0.1, 0.15) is 18.0 Å². The smallest absolute Gasteiger partial charge is 0.334 e. The Morgan fingerprint density at radius 3 is 2.43 bits per heavy atom. The summed E-state index contributed by atoms with van der Waals surface area (Å²) < 4.78 is 2.04. The summed E-state index contributed by atoms with van der Waals surface area (Å²) in [4.78, 5) is 66.9. The molecular weight excluding hydrogens is 761 g/mol. The lowest BCUT2D eigenvalue weighted by Crippen LogP contribution is -2.76. The third-order valence-electron chi connectivity index (χ3n) is 10.7. The second-order valence-corrected chi connectivity index (χ2v) is 14.7. The van der Waals surface area contributed by atoms with E-state index in [4.69, 9.17) is 0 Å². The van der Waals surface area contributed by atoms with Gasteiger partial charge in [-0.2, -0.15) is 0 Å². The number of phenolic OH excluding ortho intramolecular Hbond substituents is 1. The first-order chi connectivity index (χ1) is 29.2. The molecule has 4 aromatic carbocycles. The summed E-state index contributed by atoms with van der Waals surface area (Å²) in [6.45, 7) is 4.56. The number of phenols is 1.